The molecule has 2 heterocycles. The minimum absolute atomic E-state index is 0.00229. The van der Waals surface area contributed by atoms with E-state index in [4.69, 9.17) is 4.42 Å². The molecule has 0 radical (unpaired) electrons. The van der Waals surface area contributed by atoms with Crippen LogP contribution in [0.3, 0.4) is 0 Å². The molecule has 3 rings (SSSR count). The second-order valence-corrected chi connectivity index (χ2v) is 7.30. The lowest BCUT2D eigenvalue weighted by Gasteiger charge is -2.30. The highest BCUT2D eigenvalue weighted by molar-refractivity contribution is 8.00. The van der Waals surface area contributed by atoms with E-state index in [9.17, 15) is 9.59 Å². The number of hydrogen-bond acceptors (Lipinski definition) is 7. The van der Waals surface area contributed by atoms with Crippen LogP contribution in [0.4, 0.5) is 11.4 Å². The van der Waals surface area contributed by atoms with Gasteiger partial charge in [-0.25, -0.2) is 0 Å². The Morgan fingerprint density at radius 1 is 1.42 bits per heavy atom. The molecule has 1 aromatic carbocycles. The van der Waals surface area contributed by atoms with Crippen LogP contribution in [-0.2, 0) is 15.3 Å². The van der Waals surface area contributed by atoms with Crippen molar-refractivity contribution in [2.24, 2.45) is 0 Å². The Morgan fingerprint density at radius 3 is 3.00 bits per heavy atom. The van der Waals surface area contributed by atoms with Gasteiger partial charge in [-0.2, -0.15) is 11.8 Å². The third kappa shape index (κ3) is 3.57. The molecule has 1 aliphatic rings. The Labute approximate surface area is 147 Å². The summed E-state index contributed by atoms with van der Waals surface area (Å²) in [5.41, 5.74) is 1.34. The van der Waals surface area contributed by atoms with Crippen molar-refractivity contribution in [2.45, 2.75) is 23.1 Å². The highest BCUT2D eigenvalue weighted by Gasteiger charge is 2.30. The van der Waals surface area contributed by atoms with Gasteiger partial charge in [0.1, 0.15) is 6.54 Å². The number of carbonyl (C=O) groups excluding carboxylic acids is 2. The number of amides is 2. The number of fused-ring (bicyclic) bond motifs is 1. The molecule has 2 aromatic rings. The van der Waals surface area contributed by atoms with Gasteiger partial charge in [0.2, 0.25) is 17.7 Å². The number of benzene rings is 1. The van der Waals surface area contributed by atoms with E-state index in [1.807, 2.05) is 24.5 Å². The number of nitrogens with zero attached hydrogens (tertiary/aromatic N) is 3. The second kappa shape index (κ2) is 7.27. The highest BCUT2D eigenvalue weighted by Crippen LogP contribution is 2.32. The van der Waals surface area contributed by atoms with Crippen LogP contribution in [0.5, 0.6) is 0 Å². The number of rotatable bonds is 5. The van der Waals surface area contributed by atoms with Crippen LogP contribution in [0.25, 0.3) is 0 Å². The summed E-state index contributed by atoms with van der Waals surface area (Å²) in [5, 5.41) is 10.5. The summed E-state index contributed by atoms with van der Waals surface area (Å²) in [6.45, 7) is 1.77. The Bertz CT molecular complexity index is 765. The van der Waals surface area contributed by atoms with Crippen LogP contribution in [0, 0.1) is 0 Å². The maximum absolute atomic E-state index is 12.8. The fraction of sp³-hybridized carbons (Fsp3) is 0.333. The van der Waals surface area contributed by atoms with Gasteiger partial charge in [-0.3, -0.25) is 14.5 Å². The van der Waals surface area contributed by atoms with E-state index in [1.165, 1.54) is 16.7 Å². The lowest BCUT2D eigenvalue weighted by Crippen LogP contribution is -2.45. The number of thioether (sulfide) groups is 2. The number of anilines is 2. The molecular formula is C15H16N4O3S2. The van der Waals surface area contributed by atoms with Gasteiger partial charge in [0.15, 0.2) is 0 Å². The average Bonchev–Trinajstić information content (AvgIpc) is 3.00. The summed E-state index contributed by atoms with van der Waals surface area (Å²) in [6.07, 6.45) is 1.95. The molecule has 1 aliphatic heterocycles. The second-order valence-electron chi connectivity index (χ2n) is 5.14. The zero-order valence-electron chi connectivity index (χ0n) is 13.2. The molecule has 0 aliphatic carbocycles. The van der Waals surface area contributed by atoms with Crippen molar-refractivity contribution in [3.63, 3.8) is 0 Å². The molecule has 0 bridgehead atoms. The van der Waals surface area contributed by atoms with Crippen LogP contribution < -0.4 is 10.2 Å². The molecule has 0 saturated heterocycles. The third-order valence-corrected chi connectivity index (χ3v) is 4.84. The Kier molecular flexibility index (Phi) is 5.10. The van der Waals surface area contributed by atoms with Crippen LogP contribution in [0.2, 0.25) is 0 Å². The fourth-order valence-electron chi connectivity index (χ4n) is 2.32. The number of aromatic nitrogens is 2. The molecular weight excluding hydrogens is 348 g/mol. The standard InChI is InChI=1S/C15H16N4O3S2/c1-9(24-15-18-17-13(22-15)8-23-2)14(21)19-7-12(20)16-10-5-3-4-6-11(10)19/h3-6,9H,7-8H2,1-2H3,(H,16,20)/t9-/m0/s1. The average molecular weight is 364 g/mol. The molecule has 1 N–H and O–H groups in total. The van der Waals surface area contributed by atoms with E-state index in [0.29, 0.717) is 28.2 Å². The fourth-order valence-corrected chi connectivity index (χ4v) is 3.44. The summed E-state index contributed by atoms with van der Waals surface area (Å²) in [6, 6.07) is 7.24. The number of nitrogens with one attached hydrogen (secondary N) is 1. The number of hydrogen-bond donors (Lipinski definition) is 1. The maximum atomic E-state index is 12.8. The summed E-state index contributed by atoms with van der Waals surface area (Å²) >= 11 is 2.78. The predicted molar refractivity (Wildman–Crippen MR) is 94.3 cm³/mol. The lowest BCUT2D eigenvalue weighted by molar-refractivity contribution is -0.121. The van der Waals surface area contributed by atoms with Gasteiger partial charge in [-0.1, -0.05) is 23.9 Å². The van der Waals surface area contributed by atoms with Crippen molar-refractivity contribution in [2.75, 3.05) is 23.0 Å². The molecule has 126 valence electrons. The number of carbonyl (C=O) groups is 2. The van der Waals surface area contributed by atoms with E-state index in [-0.39, 0.29) is 18.4 Å². The van der Waals surface area contributed by atoms with Gasteiger partial charge >= 0.3 is 0 Å². The van der Waals surface area contributed by atoms with Crippen molar-refractivity contribution in [1.82, 2.24) is 10.2 Å². The summed E-state index contributed by atoms with van der Waals surface area (Å²) in [4.78, 5) is 26.1. The first-order chi connectivity index (χ1) is 11.6. The minimum atomic E-state index is -0.452. The van der Waals surface area contributed by atoms with Gasteiger partial charge in [0.25, 0.3) is 5.22 Å². The topological polar surface area (TPSA) is 88.3 Å². The molecule has 0 spiro atoms. The zero-order valence-corrected chi connectivity index (χ0v) is 14.8. The SMILES string of the molecule is CSCc1nnc(S[C@@H](C)C(=O)N2CC(=O)Nc3ccccc32)o1. The van der Waals surface area contributed by atoms with Gasteiger partial charge in [-0.15, -0.1) is 10.2 Å². The van der Waals surface area contributed by atoms with E-state index >= 15 is 0 Å². The van der Waals surface area contributed by atoms with Crippen molar-refractivity contribution in [3.05, 3.63) is 30.2 Å². The number of para-hydroxylation sites is 2. The first-order valence-corrected chi connectivity index (χ1v) is 9.54. The Balaban J connectivity index is 1.74. The van der Waals surface area contributed by atoms with E-state index in [2.05, 4.69) is 15.5 Å². The van der Waals surface area contributed by atoms with E-state index in [0.717, 1.165) is 0 Å². The van der Waals surface area contributed by atoms with Crippen LogP contribution in [-0.4, -0.2) is 40.1 Å². The normalized spacial score (nSPS) is 14.9. The van der Waals surface area contributed by atoms with Crippen LogP contribution in [0.15, 0.2) is 33.9 Å². The van der Waals surface area contributed by atoms with E-state index in [1.54, 1.807) is 24.8 Å². The van der Waals surface area contributed by atoms with Gasteiger partial charge in [0.05, 0.1) is 22.4 Å². The predicted octanol–water partition coefficient (Wildman–Crippen LogP) is 2.40. The summed E-state index contributed by atoms with van der Waals surface area (Å²) in [5.74, 6) is 0.786. The van der Waals surface area contributed by atoms with Crippen LogP contribution >= 0.6 is 23.5 Å². The zero-order chi connectivity index (χ0) is 17.1. The molecule has 9 heteroatoms. The highest BCUT2D eigenvalue weighted by atomic mass is 32.2. The Morgan fingerprint density at radius 2 is 2.21 bits per heavy atom. The molecule has 1 atom stereocenters. The maximum Gasteiger partial charge on any atom is 0.277 e. The summed E-state index contributed by atoms with van der Waals surface area (Å²) in [7, 11) is 0. The first kappa shape index (κ1) is 16.8. The third-order valence-electron chi connectivity index (χ3n) is 3.38. The molecule has 0 fully saturated rings. The van der Waals surface area contributed by atoms with Gasteiger partial charge in [-0.05, 0) is 25.3 Å². The van der Waals surface area contributed by atoms with Crippen molar-refractivity contribution in [3.8, 4) is 0 Å². The Hall–Kier alpha value is -2.00. The quantitative estimate of drug-likeness (QED) is 0.815. The van der Waals surface area contributed by atoms with Crippen molar-refractivity contribution >= 4 is 46.7 Å². The molecule has 7 nitrogen and oxygen atoms in total. The first-order valence-electron chi connectivity index (χ1n) is 7.26. The van der Waals surface area contributed by atoms with Gasteiger partial charge < -0.3 is 9.73 Å². The lowest BCUT2D eigenvalue weighted by atomic mass is 10.2. The smallest absolute Gasteiger partial charge is 0.277 e. The molecule has 0 unspecified atom stereocenters. The summed E-state index contributed by atoms with van der Waals surface area (Å²) < 4.78 is 5.49. The molecule has 0 saturated carbocycles. The van der Waals surface area contributed by atoms with Gasteiger partial charge in [0, 0.05) is 0 Å². The molecule has 1 aromatic heterocycles. The van der Waals surface area contributed by atoms with Crippen molar-refractivity contribution < 1.29 is 14.0 Å². The van der Waals surface area contributed by atoms with Crippen LogP contribution in [0.1, 0.15) is 12.8 Å². The minimum Gasteiger partial charge on any atom is -0.415 e. The largest absolute Gasteiger partial charge is 0.415 e. The monoisotopic (exact) mass is 364 g/mol. The molecule has 24 heavy (non-hydrogen) atoms. The molecule has 2 amide bonds. The van der Waals surface area contributed by atoms with E-state index < -0.39 is 5.25 Å². The van der Waals surface area contributed by atoms with Crippen molar-refractivity contribution in [1.29, 1.82) is 0 Å².